The molecule has 1 aromatic heterocycles. The predicted octanol–water partition coefficient (Wildman–Crippen LogP) is 1.93. The number of esters is 1. The van der Waals surface area contributed by atoms with Crippen LogP contribution in [0.2, 0.25) is 0 Å². The maximum Gasteiger partial charge on any atom is 0.416 e. The van der Waals surface area contributed by atoms with Gasteiger partial charge in [-0.2, -0.15) is 5.10 Å². The fourth-order valence-corrected chi connectivity index (χ4v) is 3.14. The van der Waals surface area contributed by atoms with E-state index >= 15 is 0 Å². The van der Waals surface area contributed by atoms with Crippen LogP contribution in [0.3, 0.4) is 0 Å². The zero-order valence-electron chi connectivity index (χ0n) is 12.5. The Morgan fingerprint density at radius 1 is 1.50 bits per heavy atom. The Kier molecular flexibility index (Phi) is 3.96. The molecule has 2 aliphatic rings. The Morgan fingerprint density at radius 2 is 2.27 bits per heavy atom. The molecule has 1 aliphatic heterocycles. The molecule has 7 heteroatoms. The number of anilines is 1. The van der Waals surface area contributed by atoms with Crippen LogP contribution in [0.1, 0.15) is 32.6 Å². The zero-order chi connectivity index (χ0) is 15.6. The Morgan fingerprint density at radius 3 is 2.91 bits per heavy atom. The van der Waals surface area contributed by atoms with E-state index in [1.54, 1.807) is 25.3 Å². The van der Waals surface area contributed by atoms with Gasteiger partial charge in [0.2, 0.25) is 0 Å². The van der Waals surface area contributed by atoms with Crippen LogP contribution in [0.5, 0.6) is 0 Å². The molecule has 3 rings (SSSR count). The fourth-order valence-electron chi connectivity index (χ4n) is 3.14. The third kappa shape index (κ3) is 2.75. The lowest BCUT2D eigenvalue weighted by Crippen LogP contribution is -2.40. The van der Waals surface area contributed by atoms with Gasteiger partial charge in [-0.05, 0) is 44.7 Å². The summed E-state index contributed by atoms with van der Waals surface area (Å²) in [6.07, 6.45) is 3.86. The van der Waals surface area contributed by atoms with Crippen molar-refractivity contribution in [2.24, 2.45) is 5.92 Å². The first-order valence-corrected chi connectivity index (χ1v) is 7.58. The topological polar surface area (TPSA) is 81.6 Å². The standard InChI is InChI=1S/C15H19N3O4/c1-2-21-13(19)11-5-7-15(8-6-11)10-18(14(20)22-15)12-4-3-9-16-17-12/h3-4,9,11H,2,5-8,10H2,1H3/t11-,15-. The molecule has 1 aliphatic carbocycles. The molecule has 0 aromatic carbocycles. The number of amides is 1. The van der Waals surface area contributed by atoms with Gasteiger partial charge < -0.3 is 9.47 Å². The van der Waals surface area contributed by atoms with Crippen LogP contribution in [0, 0.1) is 5.92 Å². The molecule has 0 N–H and O–H groups in total. The first-order chi connectivity index (χ1) is 10.6. The molecule has 1 spiro atoms. The molecule has 2 heterocycles. The first-order valence-electron chi connectivity index (χ1n) is 7.58. The molecule has 0 unspecified atom stereocenters. The van der Waals surface area contributed by atoms with Gasteiger partial charge in [0, 0.05) is 6.20 Å². The van der Waals surface area contributed by atoms with Crippen molar-refractivity contribution >= 4 is 17.9 Å². The van der Waals surface area contributed by atoms with Gasteiger partial charge in [0.15, 0.2) is 5.82 Å². The summed E-state index contributed by atoms with van der Waals surface area (Å²) in [5.74, 6) is 0.263. The SMILES string of the molecule is CCOC(=O)[C@H]1CC[C@]2(CC1)CN(c1cccnn1)C(=O)O2. The highest BCUT2D eigenvalue weighted by Crippen LogP contribution is 2.40. The van der Waals surface area contributed by atoms with Crippen molar-refractivity contribution in [1.29, 1.82) is 0 Å². The molecule has 0 bridgehead atoms. The van der Waals surface area contributed by atoms with E-state index < -0.39 is 11.7 Å². The van der Waals surface area contributed by atoms with Crippen LogP contribution in [-0.4, -0.2) is 41.0 Å². The largest absolute Gasteiger partial charge is 0.466 e. The molecule has 0 atom stereocenters. The minimum atomic E-state index is -0.516. The van der Waals surface area contributed by atoms with Crippen molar-refractivity contribution in [3.05, 3.63) is 18.3 Å². The minimum absolute atomic E-state index is 0.0881. The number of carbonyl (C=O) groups is 2. The van der Waals surface area contributed by atoms with Crippen molar-refractivity contribution in [3.63, 3.8) is 0 Å². The van der Waals surface area contributed by atoms with Gasteiger partial charge in [-0.15, -0.1) is 5.10 Å². The van der Waals surface area contributed by atoms with E-state index in [0.29, 0.717) is 44.7 Å². The second-order valence-electron chi connectivity index (χ2n) is 5.75. The van der Waals surface area contributed by atoms with Crippen molar-refractivity contribution in [2.75, 3.05) is 18.1 Å². The zero-order valence-corrected chi connectivity index (χ0v) is 12.5. The molecule has 1 aromatic rings. The van der Waals surface area contributed by atoms with E-state index in [2.05, 4.69) is 10.2 Å². The maximum atomic E-state index is 12.1. The third-order valence-electron chi connectivity index (χ3n) is 4.32. The van der Waals surface area contributed by atoms with Crippen LogP contribution in [-0.2, 0) is 14.3 Å². The van der Waals surface area contributed by atoms with Gasteiger partial charge in [-0.1, -0.05) is 0 Å². The van der Waals surface area contributed by atoms with Gasteiger partial charge in [-0.25, -0.2) is 4.79 Å². The molecule has 118 valence electrons. The van der Waals surface area contributed by atoms with Gasteiger partial charge in [0.25, 0.3) is 0 Å². The second kappa shape index (κ2) is 5.90. The molecule has 1 saturated heterocycles. The highest BCUT2D eigenvalue weighted by molar-refractivity contribution is 5.89. The lowest BCUT2D eigenvalue weighted by Gasteiger charge is -2.33. The van der Waals surface area contributed by atoms with Crippen LogP contribution in [0.15, 0.2) is 18.3 Å². The summed E-state index contributed by atoms with van der Waals surface area (Å²) in [6, 6.07) is 3.47. The quantitative estimate of drug-likeness (QED) is 0.794. The molecule has 7 nitrogen and oxygen atoms in total. The number of rotatable bonds is 3. The van der Waals surface area contributed by atoms with E-state index in [-0.39, 0.29) is 11.9 Å². The second-order valence-corrected chi connectivity index (χ2v) is 5.75. The first kappa shape index (κ1) is 14.7. The number of hydrogen-bond donors (Lipinski definition) is 0. The maximum absolute atomic E-state index is 12.1. The smallest absolute Gasteiger partial charge is 0.416 e. The number of hydrogen-bond acceptors (Lipinski definition) is 6. The van der Waals surface area contributed by atoms with Crippen LogP contribution in [0.25, 0.3) is 0 Å². The Labute approximate surface area is 128 Å². The molecular formula is C15H19N3O4. The monoisotopic (exact) mass is 305 g/mol. The van der Waals surface area contributed by atoms with Crippen LogP contribution in [0.4, 0.5) is 10.6 Å². The summed E-state index contributed by atoms with van der Waals surface area (Å²) >= 11 is 0. The van der Waals surface area contributed by atoms with Gasteiger partial charge in [0.05, 0.1) is 19.1 Å². The predicted molar refractivity (Wildman–Crippen MR) is 77.2 cm³/mol. The minimum Gasteiger partial charge on any atom is -0.466 e. The van der Waals surface area contributed by atoms with E-state index in [9.17, 15) is 9.59 Å². The summed E-state index contributed by atoms with van der Waals surface area (Å²) in [5, 5.41) is 7.75. The highest BCUT2D eigenvalue weighted by Gasteiger charge is 2.49. The van der Waals surface area contributed by atoms with Crippen LogP contribution >= 0.6 is 0 Å². The lowest BCUT2D eigenvalue weighted by atomic mass is 9.79. The molecule has 1 saturated carbocycles. The molecular weight excluding hydrogens is 286 g/mol. The Bertz CT molecular complexity index is 555. The van der Waals surface area contributed by atoms with Crippen LogP contribution < -0.4 is 4.90 Å². The summed E-state index contributed by atoms with van der Waals surface area (Å²) in [5.41, 5.74) is -0.516. The molecule has 1 amide bonds. The summed E-state index contributed by atoms with van der Waals surface area (Å²) < 4.78 is 10.7. The number of carbonyl (C=O) groups excluding carboxylic acids is 2. The molecule has 22 heavy (non-hydrogen) atoms. The normalized spacial score (nSPS) is 27.8. The van der Waals surface area contributed by atoms with E-state index in [1.807, 2.05) is 0 Å². The van der Waals surface area contributed by atoms with Gasteiger partial charge in [-0.3, -0.25) is 9.69 Å². The van der Waals surface area contributed by atoms with E-state index in [0.717, 1.165) is 0 Å². The van der Waals surface area contributed by atoms with Crippen molar-refractivity contribution in [3.8, 4) is 0 Å². The van der Waals surface area contributed by atoms with Gasteiger partial charge in [0.1, 0.15) is 5.60 Å². The number of ether oxygens (including phenoxy) is 2. The summed E-state index contributed by atoms with van der Waals surface area (Å²) in [6.45, 7) is 2.66. The Balaban J connectivity index is 1.65. The third-order valence-corrected chi connectivity index (χ3v) is 4.32. The average Bonchev–Trinajstić information content (AvgIpc) is 2.85. The highest BCUT2D eigenvalue weighted by atomic mass is 16.6. The number of nitrogens with zero attached hydrogens (tertiary/aromatic N) is 3. The number of aromatic nitrogens is 2. The Hall–Kier alpha value is -2.18. The lowest BCUT2D eigenvalue weighted by molar-refractivity contribution is -0.150. The van der Waals surface area contributed by atoms with Crippen molar-refractivity contribution in [1.82, 2.24) is 10.2 Å². The molecule has 0 radical (unpaired) electrons. The fraction of sp³-hybridized carbons (Fsp3) is 0.600. The van der Waals surface area contributed by atoms with E-state index in [1.165, 1.54) is 4.90 Å². The average molecular weight is 305 g/mol. The van der Waals surface area contributed by atoms with Gasteiger partial charge >= 0.3 is 12.1 Å². The summed E-state index contributed by atoms with van der Waals surface area (Å²) in [7, 11) is 0. The van der Waals surface area contributed by atoms with Crippen molar-refractivity contribution in [2.45, 2.75) is 38.2 Å². The summed E-state index contributed by atoms with van der Waals surface area (Å²) in [4.78, 5) is 25.4. The molecule has 2 fully saturated rings. The van der Waals surface area contributed by atoms with E-state index in [4.69, 9.17) is 9.47 Å². The van der Waals surface area contributed by atoms with Crippen molar-refractivity contribution < 1.29 is 19.1 Å².